The second kappa shape index (κ2) is 14.7. The third kappa shape index (κ3) is 9.35. The molecule has 0 aromatic heterocycles. The quantitative estimate of drug-likeness (QED) is 0.171. The lowest BCUT2D eigenvalue weighted by Gasteiger charge is -2.37. The van der Waals surface area contributed by atoms with E-state index in [-0.39, 0.29) is 47.8 Å². The van der Waals surface area contributed by atoms with Crippen LogP contribution >= 0.6 is 0 Å². The van der Waals surface area contributed by atoms with Crippen LogP contribution in [-0.2, 0) is 29.0 Å². The Morgan fingerprint density at radius 3 is 2.15 bits per heavy atom. The molecule has 1 aliphatic heterocycles. The molecule has 0 bridgehead atoms. The lowest BCUT2D eigenvalue weighted by Crippen LogP contribution is -2.61. The van der Waals surface area contributed by atoms with Crippen LogP contribution in [0.5, 0.6) is 0 Å². The van der Waals surface area contributed by atoms with Gasteiger partial charge in [0.2, 0.25) is 17.6 Å². The fraction of sp³-hybridized carbons (Fsp3) is 0.794. The predicted molar refractivity (Wildman–Crippen MR) is 181 cm³/mol. The van der Waals surface area contributed by atoms with Gasteiger partial charge in [-0.05, 0) is 90.4 Å². The standard InChI is InChI=1S/C34H57N5O7S/c1-10-11-17-23(27(40)29(42)35-18-19-47(45,46)33(5,6)7)36-28(41)26-24-22(34(24,8)9)20-39(26)30(43)25(21-15-13-12-14-16-21)37-31(44)38-32(2,3)4/h10,21-26H,1,11-20H2,2-9H3,(H,35,42)(H,36,41)(H2,37,38,44)/t22?,23-,24+,25+,26+/m1/s1. The lowest BCUT2D eigenvalue weighted by molar-refractivity contribution is -0.144. The van der Waals surface area contributed by atoms with Crippen molar-refractivity contribution in [3.8, 4) is 0 Å². The predicted octanol–water partition coefficient (Wildman–Crippen LogP) is 2.87. The number of allylic oxidation sites excluding steroid dienone is 1. The van der Waals surface area contributed by atoms with Crippen molar-refractivity contribution in [1.29, 1.82) is 0 Å². The number of ketones is 1. The third-order valence-electron chi connectivity index (χ3n) is 10.0. The van der Waals surface area contributed by atoms with E-state index >= 15 is 0 Å². The van der Waals surface area contributed by atoms with Crippen LogP contribution in [0.1, 0.15) is 100 Å². The largest absolute Gasteiger partial charge is 0.348 e. The minimum absolute atomic E-state index is 0.0664. The summed E-state index contributed by atoms with van der Waals surface area (Å²) in [6.07, 6.45) is 6.59. The number of carbonyl (C=O) groups is 5. The number of urea groups is 1. The van der Waals surface area contributed by atoms with Crippen molar-refractivity contribution in [3.63, 3.8) is 0 Å². The highest BCUT2D eigenvalue weighted by molar-refractivity contribution is 7.92. The van der Waals surface area contributed by atoms with Crippen LogP contribution in [0.2, 0.25) is 0 Å². The van der Waals surface area contributed by atoms with Gasteiger partial charge in [-0.15, -0.1) is 6.58 Å². The Labute approximate surface area is 280 Å². The Hall–Kier alpha value is -2.96. The molecule has 5 atom stereocenters. The van der Waals surface area contributed by atoms with Gasteiger partial charge in [-0.2, -0.15) is 0 Å². The summed E-state index contributed by atoms with van der Waals surface area (Å²) in [6, 6.07) is -3.31. The van der Waals surface area contributed by atoms with Crippen LogP contribution in [0.3, 0.4) is 0 Å². The number of sulfone groups is 1. The van der Waals surface area contributed by atoms with E-state index in [2.05, 4.69) is 41.7 Å². The number of carbonyl (C=O) groups excluding carboxylic acids is 5. The van der Waals surface area contributed by atoms with Crippen LogP contribution in [0.4, 0.5) is 4.79 Å². The van der Waals surface area contributed by atoms with Gasteiger partial charge in [0.15, 0.2) is 9.84 Å². The van der Waals surface area contributed by atoms with E-state index < -0.39 is 61.9 Å². The van der Waals surface area contributed by atoms with Crippen molar-refractivity contribution < 1.29 is 32.4 Å². The Morgan fingerprint density at radius 1 is 0.979 bits per heavy atom. The summed E-state index contributed by atoms with van der Waals surface area (Å²) in [4.78, 5) is 69.1. The third-order valence-corrected chi connectivity index (χ3v) is 12.6. The van der Waals surface area contributed by atoms with Crippen LogP contribution < -0.4 is 21.3 Å². The number of likely N-dealkylation sites (tertiary alicyclic amines) is 1. The van der Waals surface area contributed by atoms with E-state index in [1.54, 1.807) is 31.7 Å². The Bertz CT molecular complexity index is 1320. The number of nitrogens with one attached hydrogen (secondary N) is 4. The van der Waals surface area contributed by atoms with E-state index in [4.69, 9.17) is 0 Å². The number of hydrogen-bond donors (Lipinski definition) is 4. The molecule has 266 valence electrons. The molecule has 47 heavy (non-hydrogen) atoms. The zero-order valence-electron chi connectivity index (χ0n) is 29.5. The second-order valence-corrected chi connectivity index (χ2v) is 19.0. The summed E-state index contributed by atoms with van der Waals surface area (Å²) in [7, 11) is -3.52. The van der Waals surface area contributed by atoms with Crippen molar-refractivity contribution in [2.24, 2.45) is 23.2 Å². The van der Waals surface area contributed by atoms with Crippen LogP contribution in [0, 0.1) is 23.2 Å². The van der Waals surface area contributed by atoms with Gasteiger partial charge in [0.25, 0.3) is 5.91 Å². The van der Waals surface area contributed by atoms with Crippen LogP contribution in [0.15, 0.2) is 12.7 Å². The molecule has 1 saturated heterocycles. The van der Waals surface area contributed by atoms with E-state index in [1.165, 1.54) is 0 Å². The highest BCUT2D eigenvalue weighted by Gasteiger charge is 2.69. The number of fused-ring (bicyclic) bond motifs is 1. The van der Waals surface area contributed by atoms with Gasteiger partial charge in [-0.25, -0.2) is 13.2 Å². The smallest absolute Gasteiger partial charge is 0.315 e. The van der Waals surface area contributed by atoms with Gasteiger partial charge in [0.1, 0.15) is 12.1 Å². The number of rotatable bonds is 13. The van der Waals surface area contributed by atoms with Crippen molar-refractivity contribution in [1.82, 2.24) is 26.2 Å². The molecule has 1 unspecified atom stereocenters. The maximum atomic E-state index is 14.3. The molecule has 3 rings (SSSR count). The molecule has 5 amide bonds. The molecule has 1 heterocycles. The minimum Gasteiger partial charge on any atom is -0.348 e. The maximum absolute atomic E-state index is 14.3. The van der Waals surface area contributed by atoms with Gasteiger partial charge < -0.3 is 26.2 Å². The summed E-state index contributed by atoms with van der Waals surface area (Å²) in [5.74, 6) is -3.18. The monoisotopic (exact) mass is 679 g/mol. The molecule has 0 spiro atoms. The van der Waals surface area contributed by atoms with E-state index in [0.29, 0.717) is 13.0 Å². The highest BCUT2D eigenvalue weighted by Crippen LogP contribution is 2.65. The normalized spacial score (nSPS) is 23.9. The molecular formula is C34H57N5O7S. The van der Waals surface area contributed by atoms with Crippen molar-refractivity contribution in [2.45, 2.75) is 129 Å². The SMILES string of the molecule is C=CCC[C@@H](NC(=O)[C@@H]1[C@@H]2C(CN1C(=O)[C@@H](NC(=O)NC(C)(C)C)C1CCCCC1)C2(C)C)C(=O)C(=O)NCCS(=O)(=O)C(C)(C)C. The summed E-state index contributed by atoms with van der Waals surface area (Å²) < 4.78 is 23.9. The Balaban J connectivity index is 1.80. The average Bonchev–Trinajstić information content (AvgIpc) is 3.27. The van der Waals surface area contributed by atoms with E-state index in [0.717, 1.165) is 32.1 Å². The summed E-state index contributed by atoms with van der Waals surface area (Å²) in [6.45, 7) is 18.2. The molecule has 12 nitrogen and oxygen atoms in total. The lowest BCUT2D eigenvalue weighted by atomic mass is 9.83. The van der Waals surface area contributed by atoms with E-state index in [9.17, 15) is 32.4 Å². The van der Waals surface area contributed by atoms with Gasteiger partial charge in [0.05, 0.1) is 16.5 Å². The Kier molecular flexibility index (Phi) is 12.0. The number of amides is 5. The van der Waals surface area contributed by atoms with Crippen molar-refractivity contribution in [2.75, 3.05) is 18.8 Å². The van der Waals surface area contributed by atoms with Crippen molar-refractivity contribution >= 4 is 39.4 Å². The minimum atomic E-state index is -3.52. The first-order valence-corrected chi connectivity index (χ1v) is 18.6. The van der Waals surface area contributed by atoms with Crippen LogP contribution in [0.25, 0.3) is 0 Å². The first-order chi connectivity index (χ1) is 21.6. The molecule has 4 N–H and O–H groups in total. The first-order valence-electron chi connectivity index (χ1n) is 17.0. The van der Waals surface area contributed by atoms with Gasteiger partial charge in [-0.1, -0.05) is 39.2 Å². The summed E-state index contributed by atoms with van der Waals surface area (Å²) in [5.41, 5.74) is -0.710. The number of nitrogens with zero attached hydrogens (tertiary/aromatic N) is 1. The topological polar surface area (TPSA) is 171 Å². The molecule has 0 aromatic carbocycles. The number of piperidine rings is 1. The van der Waals surface area contributed by atoms with Crippen molar-refractivity contribution in [3.05, 3.63) is 12.7 Å². The second-order valence-electron chi connectivity index (χ2n) is 16.1. The first kappa shape index (κ1) is 38.5. The molecule has 3 fully saturated rings. The molecule has 0 aromatic rings. The Morgan fingerprint density at radius 2 is 1.60 bits per heavy atom. The van der Waals surface area contributed by atoms with Gasteiger partial charge in [-0.3, -0.25) is 19.2 Å². The van der Waals surface area contributed by atoms with Gasteiger partial charge >= 0.3 is 6.03 Å². The van der Waals surface area contributed by atoms with Crippen LogP contribution in [-0.4, -0.2) is 90.1 Å². The zero-order chi connectivity index (χ0) is 35.5. The maximum Gasteiger partial charge on any atom is 0.315 e. The molecular weight excluding hydrogens is 622 g/mol. The molecule has 2 aliphatic carbocycles. The fourth-order valence-corrected chi connectivity index (χ4v) is 8.00. The molecule has 3 aliphatic rings. The molecule has 13 heteroatoms. The number of Topliss-reactive ketones (excluding diaryl/α,β-unsaturated/α-hetero) is 1. The number of hydrogen-bond acceptors (Lipinski definition) is 7. The fourth-order valence-electron chi connectivity index (χ4n) is 7.02. The van der Waals surface area contributed by atoms with E-state index in [1.807, 2.05) is 20.8 Å². The molecule has 2 saturated carbocycles. The zero-order valence-corrected chi connectivity index (χ0v) is 30.3. The van der Waals surface area contributed by atoms with Gasteiger partial charge in [0, 0.05) is 18.6 Å². The summed E-state index contributed by atoms with van der Waals surface area (Å²) in [5, 5.41) is 11.0. The molecule has 0 radical (unpaired) electrons. The highest BCUT2D eigenvalue weighted by atomic mass is 32.2. The average molecular weight is 680 g/mol. The summed E-state index contributed by atoms with van der Waals surface area (Å²) >= 11 is 0.